The number of nitrogens with one attached hydrogen (secondary N) is 1. The highest BCUT2D eigenvalue weighted by Gasteiger charge is 2.46. The van der Waals surface area contributed by atoms with Crippen molar-refractivity contribution >= 4 is 11.9 Å². The molecule has 4 atom stereocenters. The van der Waals surface area contributed by atoms with Gasteiger partial charge in [-0.25, -0.2) is 9.97 Å². The van der Waals surface area contributed by atoms with Gasteiger partial charge in [0.1, 0.15) is 0 Å². The molecule has 136 valence electrons. The molecule has 4 rings (SSSR count). The first kappa shape index (κ1) is 17.0. The summed E-state index contributed by atoms with van der Waals surface area (Å²) in [6.45, 7) is 1.73. The number of piperidine rings is 1. The Hall–Kier alpha value is -2.47. The van der Waals surface area contributed by atoms with Crippen LogP contribution in [0.25, 0.3) is 0 Å². The van der Waals surface area contributed by atoms with Crippen LogP contribution in [0.15, 0.2) is 48.8 Å². The second-order valence-corrected chi connectivity index (χ2v) is 7.21. The third kappa shape index (κ3) is 3.70. The number of likely N-dealkylation sites (tertiary alicyclic amines) is 1. The zero-order valence-electron chi connectivity index (χ0n) is 14.7. The highest BCUT2D eigenvalue weighted by atomic mass is 16.3. The standard InChI is InChI=1S/C20H24N4O2/c25-18-13-24(10-7-15(18)12-23-20-21-8-4-9-22-20)19(26)17-11-16(17)14-5-2-1-3-6-14/h1-6,8-9,15-18,25H,7,10-13H2,(H,21,22,23)/t15-,16-,17+,18-/m1/s1. The summed E-state index contributed by atoms with van der Waals surface area (Å²) in [6, 6.07) is 12.0. The smallest absolute Gasteiger partial charge is 0.226 e. The lowest BCUT2D eigenvalue weighted by molar-refractivity contribution is -0.137. The van der Waals surface area contributed by atoms with E-state index in [2.05, 4.69) is 27.4 Å². The summed E-state index contributed by atoms with van der Waals surface area (Å²) >= 11 is 0. The van der Waals surface area contributed by atoms with Crippen molar-refractivity contribution in [2.24, 2.45) is 11.8 Å². The summed E-state index contributed by atoms with van der Waals surface area (Å²) in [7, 11) is 0. The monoisotopic (exact) mass is 352 g/mol. The summed E-state index contributed by atoms with van der Waals surface area (Å²) in [4.78, 5) is 22.9. The summed E-state index contributed by atoms with van der Waals surface area (Å²) in [5.41, 5.74) is 1.24. The van der Waals surface area contributed by atoms with Gasteiger partial charge >= 0.3 is 0 Å². The van der Waals surface area contributed by atoms with E-state index in [4.69, 9.17) is 0 Å². The molecule has 1 saturated heterocycles. The molecule has 0 unspecified atom stereocenters. The average Bonchev–Trinajstić information content (AvgIpc) is 3.49. The van der Waals surface area contributed by atoms with Crippen molar-refractivity contribution in [2.75, 3.05) is 25.0 Å². The molecule has 2 aliphatic rings. The van der Waals surface area contributed by atoms with E-state index in [0.29, 0.717) is 31.5 Å². The third-order valence-electron chi connectivity index (χ3n) is 5.46. The van der Waals surface area contributed by atoms with E-state index in [-0.39, 0.29) is 17.7 Å². The maximum Gasteiger partial charge on any atom is 0.226 e. The zero-order chi connectivity index (χ0) is 17.9. The van der Waals surface area contributed by atoms with Crippen LogP contribution < -0.4 is 5.32 Å². The predicted molar refractivity (Wildman–Crippen MR) is 98.5 cm³/mol. The van der Waals surface area contributed by atoms with E-state index in [1.54, 1.807) is 18.5 Å². The molecule has 1 aliphatic carbocycles. The van der Waals surface area contributed by atoms with Gasteiger partial charge in [-0.05, 0) is 30.4 Å². The normalized spacial score (nSPS) is 27.8. The molecule has 0 spiro atoms. The Balaban J connectivity index is 1.28. The molecular weight excluding hydrogens is 328 g/mol. The number of carbonyl (C=O) groups is 1. The van der Waals surface area contributed by atoms with E-state index in [9.17, 15) is 9.90 Å². The number of aliphatic hydroxyl groups excluding tert-OH is 1. The van der Waals surface area contributed by atoms with Crippen molar-refractivity contribution in [1.82, 2.24) is 14.9 Å². The number of benzene rings is 1. The first-order chi connectivity index (χ1) is 12.7. The lowest BCUT2D eigenvalue weighted by atomic mass is 9.93. The van der Waals surface area contributed by atoms with Crippen molar-refractivity contribution in [3.05, 3.63) is 54.4 Å². The van der Waals surface area contributed by atoms with Crippen LogP contribution >= 0.6 is 0 Å². The number of carbonyl (C=O) groups excluding carboxylic acids is 1. The quantitative estimate of drug-likeness (QED) is 0.859. The molecule has 1 aliphatic heterocycles. The molecule has 2 aromatic rings. The van der Waals surface area contributed by atoms with Crippen molar-refractivity contribution in [2.45, 2.75) is 24.9 Å². The molecule has 6 heteroatoms. The molecule has 1 amide bonds. The van der Waals surface area contributed by atoms with E-state index in [1.807, 2.05) is 23.1 Å². The molecule has 2 fully saturated rings. The number of β-amino-alcohol motifs (C(OH)–C–C–N with tert-alkyl or cyclic N) is 1. The maximum absolute atomic E-state index is 12.8. The Labute approximate surface area is 153 Å². The second kappa shape index (κ2) is 7.41. The molecule has 2 N–H and O–H groups in total. The number of amides is 1. The van der Waals surface area contributed by atoms with Crippen LogP contribution in [0.4, 0.5) is 5.95 Å². The number of rotatable bonds is 5. The largest absolute Gasteiger partial charge is 0.391 e. The molecule has 2 heterocycles. The number of hydrogen-bond donors (Lipinski definition) is 2. The van der Waals surface area contributed by atoms with Gasteiger partial charge in [-0.3, -0.25) is 4.79 Å². The van der Waals surface area contributed by atoms with Crippen LogP contribution in [0.2, 0.25) is 0 Å². The third-order valence-corrected chi connectivity index (χ3v) is 5.46. The van der Waals surface area contributed by atoms with Crippen molar-refractivity contribution in [3.63, 3.8) is 0 Å². The molecule has 1 saturated carbocycles. The average molecular weight is 352 g/mol. The van der Waals surface area contributed by atoms with Crippen LogP contribution in [0.3, 0.4) is 0 Å². The van der Waals surface area contributed by atoms with Crippen molar-refractivity contribution < 1.29 is 9.90 Å². The fourth-order valence-corrected chi connectivity index (χ4v) is 3.80. The SMILES string of the molecule is O=C([C@H]1C[C@@H]1c1ccccc1)N1CC[C@H](CNc2ncccn2)[C@H](O)C1. The van der Waals surface area contributed by atoms with Gasteiger partial charge in [0.05, 0.1) is 6.10 Å². The van der Waals surface area contributed by atoms with Gasteiger partial charge < -0.3 is 15.3 Å². The summed E-state index contributed by atoms with van der Waals surface area (Å²) in [6.07, 6.45) is 4.57. The van der Waals surface area contributed by atoms with Crippen LogP contribution in [-0.4, -0.2) is 51.6 Å². The predicted octanol–water partition coefficient (Wildman–Crippen LogP) is 1.90. The van der Waals surface area contributed by atoms with Crippen LogP contribution in [0.1, 0.15) is 24.3 Å². The Morgan fingerprint density at radius 3 is 2.69 bits per heavy atom. The first-order valence-corrected chi connectivity index (χ1v) is 9.25. The Bertz CT molecular complexity index is 740. The lowest BCUT2D eigenvalue weighted by Crippen LogP contribution is -2.49. The topological polar surface area (TPSA) is 78.4 Å². The van der Waals surface area contributed by atoms with E-state index in [0.717, 1.165) is 12.8 Å². The minimum atomic E-state index is -0.516. The van der Waals surface area contributed by atoms with Crippen LogP contribution in [0, 0.1) is 11.8 Å². The maximum atomic E-state index is 12.8. The number of aromatic nitrogens is 2. The van der Waals surface area contributed by atoms with Gasteiger partial charge in [0.25, 0.3) is 0 Å². The molecule has 0 bridgehead atoms. The Morgan fingerprint density at radius 2 is 1.96 bits per heavy atom. The molecule has 1 aromatic heterocycles. The fourth-order valence-electron chi connectivity index (χ4n) is 3.80. The van der Waals surface area contributed by atoms with Gasteiger partial charge in [-0.15, -0.1) is 0 Å². The Morgan fingerprint density at radius 1 is 1.19 bits per heavy atom. The van der Waals surface area contributed by atoms with Gasteiger partial charge in [0.15, 0.2) is 0 Å². The van der Waals surface area contributed by atoms with Crippen LogP contribution in [-0.2, 0) is 4.79 Å². The number of nitrogens with zero attached hydrogens (tertiary/aromatic N) is 3. The summed E-state index contributed by atoms with van der Waals surface area (Å²) < 4.78 is 0. The number of hydrogen-bond acceptors (Lipinski definition) is 5. The zero-order valence-corrected chi connectivity index (χ0v) is 14.7. The highest BCUT2D eigenvalue weighted by molar-refractivity contribution is 5.83. The lowest BCUT2D eigenvalue weighted by Gasteiger charge is -2.36. The molecule has 26 heavy (non-hydrogen) atoms. The number of anilines is 1. The fraction of sp³-hybridized carbons (Fsp3) is 0.450. The van der Waals surface area contributed by atoms with Crippen molar-refractivity contribution in [1.29, 1.82) is 0 Å². The van der Waals surface area contributed by atoms with Gasteiger partial charge in [0.2, 0.25) is 11.9 Å². The second-order valence-electron chi connectivity index (χ2n) is 7.21. The first-order valence-electron chi connectivity index (χ1n) is 9.25. The summed E-state index contributed by atoms with van der Waals surface area (Å²) in [5, 5.41) is 13.6. The van der Waals surface area contributed by atoms with E-state index >= 15 is 0 Å². The number of aliphatic hydroxyl groups is 1. The summed E-state index contributed by atoms with van der Waals surface area (Å²) in [5.74, 6) is 1.29. The highest BCUT2D eigenvalue weighted by Crippen LogP contribution is 2.48. The minimum Gasteiger partial charge on any atom is -0.391 e. The minimum absolute atomic E-state index is 0.0805. The van der Waals surface area contributed by atoms with Gasteiger partial charge in [-0.2, -0.15) is 0 Å². The van der Waals surface area contributed by atoms with Gasteiger partial charge in [-0.1, -0.05) is 30.3 Å². The molecule has 1 aromatic carbocycles. The molecule has 6 nitrogen and oxygen atoms in total. The van der Waals surface area contributed by atoms with Gasteiger partial charge in [0, 0.05) is 43.9 Å². The molecule has 0 radical (unpaired) electrons. The molecular formula is C20H24N4O2. The van der Waals surface area contributed by atoms with E-state index < -0.39 is 6.10 Å². The Kier molecular flexibility index (Phi) is 4.84. The van der Waals surface area contributed by atoms with Crippen LogP contribution in [0.5, 0.6) is 0 Å². The van der Waals surface area contributed by atoms with Crippen molar-refractivity contribution in [3.8, 4) is 0 Å². The van der Waals surface area contributed by atoms with E-state index in [1.165, 1.54) is 5.56 Å².